The van der Waals surface area contributed by atoms with Crippen LogP contribution in [0.3, 0.4) is 0 Å². The second-order valence-electron chi connectivity index (χ2n) is 39.4. The van der Waals surface area contributed by atoms with E-state index < -0.39 is 62.5 Å². The molecule has 18 nitrogen and oxygen atoms in total. The molecule has 4 aromatic carbocycles. The molecule has 4 bridgehead atoms. The lowest BCUT2D eigenvalue weighted by Gasteiger charge is -2.48. The van der Waals surface area contributed by atoms with Crippen molar-refractivity contribution in [2.75, 3.05) is 90.6 Å². The zero-order chi connectivity index (χ0) is 83.1. The number of benzene rings is 4. The Kier molecular flexibility index (Phi) is 26.5. The minimum atomic E-state index is -2.14. The molecule has 10 atom stereocenters. The zero-order valence-electron chi connectivity index (χ0n) is 71.9. The summed E-state index contributed by atoms with van der Waals surface area (Å²) in [6.07, 6.45) is 18.9. The molecular formula is C92H130Cl2N4O14Si2. The smallest absolute Gasteiger partial charge is 0.317 e. The predicted molar refractivity (Wildman–Crippen MR) is 457 cm³/mol. The van der Waals surface area contributed by atoms with Gasteiger partial charge < -0.3 is 56.9 Å². The molecule has 0 saturated heterocycles. The Labute approximate surface area is 692 Å². The van der Waals surface area contributed by atoms with Gasteiger partial charge in [-0.05, 0) is 260 Å². The van der Waals surface area contributed by atoms with Gasteiger partial charge in [-0.1, -0.05) is 113 Å². The minimum absolute atomic E-state index is 0.0418. The number of esters is 4. The van der Waals surface area contributed by atoms with Crippen molar-refractivity contribution in [2.24, 2.45) is 23.7 Å². The van der Waals surface area contributed by atoms with Crippen molar-refractivity contribution in [2.45, 2.75) is 267 Å². The number of carbonyl (C=O) groups is 6. The van der Waals surface area contributed by atoms with Crippen molar-refractivity contribution < 1.29 is 66.0 Å². The number of hydrogen-bond donors (Lipinski definition) is 0. The molecule has 4 aliphatic carbocycles. The van der Waals surface area contributed by atoms with Gasteiger partial charge in [0.25, 0.3) is 0 Å². The summed E-state index contributed by atoms with van der Waals surface area (Å²) in [5.41, 5.74) is 2.33. The molecule has 0 unspecified atom stereocenters. The maximum Gasteiger partial charge on any atom is 0.317 e. The van der Waals surface area contributed by atoms with E-state index in [9.17, 15) is 28.8 Å². The normalized spacial score (nSPS) is 27.6. The quantitative estimate of drug-likeness (QED) is 0.0630. The lowest BCUT2D eigenvalue weighted by atomic mass is 9.68. The topological polar surface area (TPSA) is 189 Å². The van der Waals surface area contributed by atoms with Crippen molar-refractivity contribution in [3.05, 3.63) is 141 Å². The van der Waals surface area contributed by atoms with Crippen molar-refractivity contribution >= 4 is 86.9 Å². The molecule has 0 aromatic heterocycles. The van der Waals surface area contributed by atoms with E-state index in [1.54, 1.807) is 65.4 Å². The average molecular weight is 1640 g/mol. The van der Waals surface area contributed by atoms with Gasteiger partial charge in [0.15, 0.2) is 16.6 Å². The van der Waals surface area contributed by atoms with Crippen LogP contribution in [0.1, 0.15) is 206 Å². The summed E-state index contributed by atoms with van der Waals surface area (Å²) >= 11 is 13.1. The van der Waals surface area contributed by atoms with Gasteiger partial charge >= 0.3 is 23.9 Å². The number of amides is 2. The summed E-state index contributed by atoms with van der Waals surface area (Å²) in [4.78, 5) is 92.7. The molecule has 4 aliphatic heterocycles. The minimum Gasteiger partial charge on any atom is -0.490 e. The second kappa shape index (κ2) is 34.3. The maximum absolute atomic E-state index is 14.3. The van der Waals surface area contributed by atoms with Crippen LogP contribution >= 0.6 is 23.2 Å². The Balaban J connectivity index is 0.000000225. The van der Waals surface area contributed by atoms with Gasteiger partial charge in [0.05, 0.1) is 63.9 Å². The van der Waals surface area contributed by atoms with E-state index in [4.69, 9.17) is 60.5 Å². The van der Waals surface area contributed by atoms with Crippen molar-refractivity contribution in [3.63, 3.8) is 0 Å². The van der Waals surface area contributed by atoms with Crippen LogP contribution < -0.4 is 19.3 Å². The first-order chi connectivity index (χ1) is 53.3. The van der Waals surface area contributed by atoms with Gasteiger partial charge in [-0.2, -0.15) is 0 Å². The third-order valence-corrected chi connectivity index (χ3v) is 36.3. The first-order valence-corrected chi connectivity index (χ1v) is 48.3. The van der Waals surface area contributed by atoms with E-state index in [1.165, 1.54) is 36.5 Å². The first kappa shape index (κ1) is 88.1. The maximum atomic E-state index is 14.3. The van der Waals surface area contributed by atoms with Crippen LogP contribution in [0.15, 0.2) is 97.1 Å². The monoisotopic (exact) mass is 1640 g/mol. The van der Waals surface area contributed by atoms with Gasteiger partial charge in [0.1, 0.15) is 33.5 Å². The molecule has 8 aliphatic rings. The van der Waals surface area contributed by atoms with E-state index in [-0.39, 0.29) is 70.6 Å². The van der Waals surface area contributed by atoms with Crippen molar-refractivity contribution in [1.82, 2.24) is 9.80 Å². The molecule has 4 heterocycles. The van der Waals surface area contributed by atoms with Crippen LogP contribution in [0.25, 0.3) is 0 Å². The molecular weight excluding hydrogens is 1510 g/mol. The van der Waals surface area contributed by atoms with E-state index >= 15 is 0 Å². The highest BCUT2D eigenvalue weighted by Gasteiger charge is 2.54. The molecule has 0 radical (unpaired) electrons. The highest BCUT2D eigenvalue weighted by atomic mass is 35.5. The summed E-state index contributed by atoms with van der Waals surface area (Å²) in [6.45, 7) is 38.6. The van der Waals surface area contributed by atoms with E-state index in [0.29, 0.717) is 98.5 Å². The highest BCUT2D eigenvalue weighted by molar-refractivity contribution is 6.74. The van der Waals surface area contributed by atoms with Crippen LogP contribution in [-0.2, 0) is 91.1 Å². The average Bonchev–Trinajstić information content (AvgIpc) is 1.53. The number of aryl methyl sites for hydroxylation is 2. The molecule has 0 N–H and O–H groups in total. The molecule has 4 aromatic rings. The molecule has 2 amide bonds. The number of ether oxygens (including phenoxy) is 6. The fraction of sp³-hybridized carbons (Fsp3) is 0.630. The van der Waals surface area contributed by atoms with Gasteiger partial charge in [-0.25, -0.2) is 0 Å². The van der Waals surface area contributed by atoms with Crippen molar-refractivity contribution in [3.8, 4) is 11.5 Å². The van der Waals surface area contributed by atoms with Gasteiger partial charge in [0.2, 0.25) is 11.8 Å². The number of fused-ring (bicyclic) bond motifs is 8. The summed E-state index contributed by atoms with van der Waals surface area (Å²) in [6, 6.07) is 24.0. The number of nitrogens with zero attached hydrogens (tertiary/aromatic N) is 4. The number of halogens is 2. The Morgan fingerprint density at radius 2 is 0.904 bits per heavy atom. The van der Waals surface area contributed by atoms with Crippen LogP contribution in [0.2, 0.25) is 46.3 Å². The standard InChI is InChI=1S/2C46H65ClN2O7Si/c2*1-43(2,3)55-41(51)27-46(42(52)53-8)26-40(50)48(7)23-12-11-15-38(56-57(9,10)44(4,5)6)35-19-16-32(35)28-49-29-45(30-54-39-21-17-33(46)25-37(39)49)22-13-14-31-24-34(47)18-20-36(31)45/h2*11,15,17-18,20-21,24-25,32,35,38H,12-14,16,19,22-23,26-30H2,1-10H3/b2*15-11+/t32-,35+,38-,45-,46+;32-,35+,38-,45-,46-/m00/s1. The number of carbonyl (C=O) groups excluding carboxylic acids is 6. The SMILES string of the molecule is COC(=O)[C@@]1(CC(=O)OC(C)(C)C)CC(=O)N(C)CC/C=C/[C@H](O[Si](C)(C)C(C)(C)C)[C@@H]2CC[C@H]2CN2C[C@@]3(CCCc4cc(Cl)ccc43)COc3ccc1cc32.COC(=O)[C@]1(CC(=O)OC(C)(C)C)CC(=O)N(C)CC/C=C/[C@H](O[Si](C)(C)C(C)(C)C)[C@@H]2CC[C@H]2CN2C[C@@]3(CCCc4cc(Cl)ccc43)COc3ccc1cc32. The number of hydrogen-bond acceptors (Lipinski definition) is 16. The third kappa shape index (κ3) is 19.4. The predicted octanol–water partition coefficient (Wildman–Crippen LogP) is 18.4. The fourth-order valence-corrected chi connectivity index (χ4v) is 21.2. The van der Waals surface area contributed by atoms with Crippen LogP contribution in [-0.4, -0.2) is 166 Å². The number of anilines is 2. The van der Waals surface area contributed by atoms with E-state index in [1.807, 2.05) is 48.5 Å². The zero-order valence-corrected chi connectivity index (χ0v) is 75.4. The molecule has 2 saturated carbocycles. The molecule has 624 valence electrons. The summed E-state index contributed by atoms with van der Waals surface area (Å²) < 4.78 is 50.8. The highest BCUT2D eigenvalue weighted by Crippen LogP contribution is 2.53. The summed E-state index contributed by atoms with van der Waals surface area (Å²) in [5, 5.41) is 1.57. The lowest BCUT2D eigenvalue weighted by Crippen LogP contribution is -2.52. The van der Waals surface area contributed by atoms with Crippen LogP contribution in [0.4, 0.5) is 11.4 Å². The molecule has 12 rings (SSSR count). The molecule has 22 heteroatoms. The number of methoxy groups -OCH3 is 2. The third-order valence-electron chi connectivity index (χ3n) is 26.9. The molecule has 2 fully saturated rings. The van der Waals surface area contributed by atoms with Crippen LogP contribution in [0.5, 0.6) is 11.5 Å². The van der Waals surface area contributed by atoms with E-state index in [2.05, 4.69) is 126 Å². The molecule has 114 heavy (non-hydrogen) atoms. The van der Waals surface area contributed by atoms with Crippen LogP contribution in [0, 0.1) is 23.7 Å². The second-order valence-corrected chi connectivity index (χ2v) is 49.7. The Hall–Kier alpha value is -6.69. The Bertz CT molecular complexity index is 4000. The largest absolute Gasteiger partial charge is 0.490 e. The summed E-state index contributed by atoms with van der Waals surface area (Å²) in [5.74, 6) is -0.273. The molecule has 2 spiro atoms. The van der Waals surface area contributed by atoms with E-state index in [0.717, 1.165) is 98.7 Å². The number of rotatable bonds is 10. The summed E-state index contributed by atoms with van der Waals surface area (Å²) in [7, 11) is 1.85. The first-order valence-electron chi connectivity index (χ1n) is 41.7. The Morgan fingerprint density at radius 3 is 1.24 bits per heavy atom. The van der Waals surface area contributed by atoms with Gasteiger partial charge in [-0.15, -0.1) is 0 Å². The van der Waals surface area contributed by atoms with Crippen molar-refractivity contribution in [1.29, 1.82) is 0 Å². The Morgan fingerprint density at radius 1 is 0.526 bits per heavy atom. The lowest BCUT2D eigenvalue weighted by molar-refractivity contribution is -0.163. The fourth-order valence-electron chi connectivity index (χ4n) is 18.2. The van der Waals surface area contributed by atoms with Gasteiger partial charge in [-0.3, -0.25) is 28.8 Å². The van der Waals surface area contributed by atoms with Gasteiger partial charge in [0, 0.05) is 87.1 Å².